The van der Waals surface area contributed by atoms with Crippen molar-refractivity contribution in [3.63, 3.8) is 0 Å². The molecule has 1 rings (SSSR count). The summed E-state index contributed by atoms with van der Waals surface area (Å²) in [5.74, 6) is -0.877. The van der Waals surface area contributed by atoms with Crippen LogP contribution in [0.1, 0.15) is 18.9 Å². The Morgan fingerprint density at radius 2 is 2.50 bits per heavy atom. The Balaban J connectivity index is 2.91. The van der Waals surface area contributed by atoms with Gasteiger partial charge in [-0.05, 0) is 34.4 Å². The summed E-state index contributed by atoms with van der Waals surface area (Å²) in [6.07, 6.45) is 2.02. The average Bonchev–Trinajstić information content (AvgIpc) is 2.51. The third kappa shape index (κ3) is 2.20. The lowest BCUT2D eigenvalue weighted by atomic mass is 10.1. The fourth-order valence-corrected chi connectivity index (χ4v) is 1.67. The van der Waals surface area contributed by atoms with Gasteiger partial charge >= 0.3 is 5.97 Å². The summed E-state index contributed by atoms with van der Waals surface area (Å²) in [7, 11) is 0. The predicted octanol–water partition coefficient (Wildman–Crippen LogP) is 2.63. The van der Waals surface area contributed by atoms with Crippen molar-refractivity contribution in [3.8, 4) is 0 Å². The van der Waals surface area contributed by atoms with Crippen LogP contribution in [0.2, 0.25) is 0 Å². The van der Waals surface area contributed by atoms with Gasteiger partial charge in [0.05, 0.1) is 0 Å². The smallest absolute Gasteiger partial charge is 0.328 e. The molecular weight excluding hydrogens is 172 g/mol. The fraction of sp³-hybridized carbons (Fsp3) is 0.222. The van der Waals surface area contributed by atoms with Crippen LogP contribution in [-0.4, -0.2) is 11.1 Å². The van der Waals surface area contributed by atoms with Crippen LogP contribution >= 0.6 is 11.3 Å². The molecule has 2 nitrogen and oxygen atoms in total. The Morgan fingerprint density at radius 1 is 1.75 bits per heavy atom. The number of thiophene rings is 1. The fourth-order valence-electron chi connectivity index (χ4n) is 0.986. The van der Waals surface area contributed by atoms with Crippen LogP contribution in [0.15, 0.2) is 22.9 Å². The summed E-state index contributed by atoms with van der Waals surface area (Å²) in [6.45, 7) is 1.95. The third-order valence-electron chi connectivity index (χ3n) is 1.57. The summed E-state index contributed by atoms with van der Waals surface area (Å²) < 4.78 is 0. The molecule has 12 heavy (non-hydrogen) atoms. The number of carboxylic acids is 1. The van der Waals surface area contributed by atoms with E-state index in [4.69, 9.17) is 5.11 Å². The standard InChI is InChI=1S/C9H10O2S/c1-2-7(5-9(10)11)8-3-4-12-6-8/h3-6H,2H2,1H3,(H,10,11)/b7-5+. The monoisotopic (exact) mass is 182 g/mol. The molecule has 0 aliphatic carbocycles. The van der Waals surface area contributed by atoms with Crippen molar-refractivity contribution in [1.82, 2.24) is 0 Å². The molecule has 64 valence electrons. The maximum Gasteiger partial charge on any atom is 0.328 e. The van der Waals surface area contributed by atoms with Crippen molar-refractivity contribution >= 4 is 22.9 Å². The molecule has 0 saturated carbocycles. The quantitative estimate of drug-likeness (QED) is 0.729. The van der Waals surface area contributed by atoms with Gasteiger partial charge in [-0.1, -0.05) is 6.92 Å². The molecule has 1 N–H and O–H groups in total. The van der Waals surface area contributed by atoms with E-state index in [1.165, 1.54) is 6.08 Å². The van der Waals surface area contributed by atoms with Gasteiger partial charge < -0.3 is 5.11 Å². The summed E-state index contributed by atoms with van der Waals surface area (Å²) in [5, 5.41) is 12.4. The predicted molar refractivity (Wildman–Crippen MR) is 50.2 cm³/mol. The summed E-state index contributed by atoms with van der Waals surface area (Å²) in [5.41, 5.74) is 1.90. The second-order valence-corrected chi connectivity index (χ2v) is 3.15. The number of carboxylic acid groups (broad SMARTS) is 1. The Hall–Kier alpha value is -1.09. The van der Waals surface area contributed by atoms with Gasteiger partial charge in [-0.15, -0.1) is 0 Å². The van der Waals surface area contributed by atoms with Gasteiger partial charge in [-0.3, -0.25) is 0 Å². The summed E-state index contributed by atoms with van der Waals surface area (Å²) >= 11 is 1.58. The Morgan fingerprint density at radius 3 is 2.92 bits per heavy atom. The first kappa shape index (κ1) is 9.00. The number of allylic oxidation sites excluding steroid dienone is 1. The molecule has 1 aromatic rings. The van der Waals surface area contributed by atoms with Gasteiger partial charge in [0.1, 0.15) is 0 Å². The van der Waals surface area contributed by atoms with E-state index in [1.54, 1.807) is 11.3 Å². The van der Waals surface area contributed by atoms with Gasteiger partial charge in [0.15, 0.2) is 0 Å². The highest BCUT2D eigenvalue weighted by Gasteiger charge is 2.01. The molecule has 0 fully saturated rings. The minimum atomic E-state index is -0.877. The van der Waals surface area contributed by atoms with E-state index in [1.807, 2.05) is 23.8 Å². The summed E-state index contributed by atoms with van der Waals surface area (Å²) in [6, 6.07) is 1.93. The molecule has 0 unspecified atom stereocenters. The molecule has 0 aromatic carbocycles. The van der Waals surface area contributed by atoms with Gasteiger partial charge in [-0.25, -0.2) is 4.79 Å². The molecular formula is C9H10O2S. The van der Waals surface area contributed by atoms with Crippen molar-refractivity contribution in [2.45, 2.75) is 13.3 Å². The lowest BCUT2D eigenvalue weighted by molar-refractivity contribution is -0.131. The number of carbonyl (C=O) groups is 1. The molecule has 0 atom stereocenters. The van der Waals surface area contributed by atoms with Crippen LogP contribution < -0.4 is 0 Å². The number of hydrogen-bond acceptors (Lipinski definition) is 2. The van der Waals surface area contributed by atoms with Gasteiger partial charge in [-0.2, -0.15) is 11.3 Å². The van der Waals surface area contributed by atoms with Crippen molar-refractivity contribution in [3.05, 3.63) is 28.5 Å². The Labute approximate surface area is 75.2 Å². The molecule has 0 radical (unpaired) electrons. The van der Waals surface area contributed by atoms with E-state index in [0.29, 0.717) is 0 Å². The number of rotatable bonds is 3. The third-order valence-corrected chi connectivity index (χ3v) is 2.25. The molecule has 1 heterocycles. The molecule has 0 saturated heterocycles. The van der Waals surface area contributed by atoms with E-state index >= 15 is 0 Å². The lowest BCUT2D eigenvalue weighted by Crippen LogP contribution is -1.90. The number of hydrogen-bond donors (Lipinski definition) is 1. The van der Waals surface area contributed by atoms with Crippen molar-refractivity contribution in [2.24, 2.45) is 0 Å². The molecule has 0 aliphatic heterocycles. The van der Waals surface area contributed by atoms with Gasteiger partial charge in [0.25, 0.3) is 0 Å². The SMILES string of the molecule is CC/C(=C\C(=O)O)c1ccsc1. The zero-order chi connectivity index (χ0) is 8.97. The van der Waals surface area contributed by atoms with E-state index in [9.17, 15) is 4.79 Å². The molecule has 1 aromatic heterocycles. The van der Waals surface area contributed by atoms with Crippen LogP contribution in [0.25, 0.3) is 5.57 Å². The maximum atomic E-state index is 10.4. The van der Waals surface area contributed by atoms with E-state index < -0.39 is 5.97 Å². The lowest BCUT2D eigenvalue weighted by Gasteiger charge is -1.98. The molecule has 3 heteroatoms. The largest absolute Gasteiger partial charge is 0.478 e. The summed E-state index contributed by atoms with van der Waals surface area (Å²) in [4.78, 5) is 10.4. The molecule has 0 spiro atoms. The zero-order valence-electron chi connectivity index (χ0n) is 6.78. The van der Waals surface area contributed by atoms with Crippen LogP contribution in [0.3, 0.4) is 0 Å². The van der Waals surface area contributed by atoms with Crippen LogP contribution in [0.4, 0.5) is 0 Å². The van der Waals surface area contributed by atoms with E-state index in [-0.39, 0.29) is 0 Å². The number of aliphatic carboxylic acids is 1. The van der Waals surface area contributed by atoms with Crippen molar-refractivity contribution in [2.75, 3.05) is 0 Å². The first-order valence-corrected chi connectivity index (χ1v) is 4.64. The second kappa shape index (κ2) is 4.07. The first-order valence-electron chi connectivity index (χ1n) is 3.70. The van der Waals surface area contributed by atoms with Crippen LogP contribution in [0, 0.1) is 0 Å². The molecule has 0 bridgehead atoms. The normalized spacial score (nSPS) is 11.6. The minimum Gasteiger partial charge on any atom is -0.478 e. The molecule has 0 amide bonds. The topological polar surface area (TPSA) is 37.3 Å². The van der Waals surface area contributed by atoms with Crippen molar-refractivity contribution < 1.29 is 9.90 Å². The second-order valence-electron chi connectivity index (χ2n) is 2.37. The van der Waals surface area contributed by atoms with E-state index in [2.05, 4.69) is 0 Å². The minimum absolute atomic E-state index is 0.753. The highest BCUT2D eigenvalue weighted by Crippen LogP contribution is 2.20. The molecule has 0 aliphatic rings. The highest BCUT2D eigenvalue weighted by atomic mass is 32.1. The zero-order valence-corrected chi connectivity index (χ0v) is 7.60. The van der Waals surface area contributed by atoms with Gasteiger partial charge in [0.2, 0.25) is 0 Å². The van der Waals surface area contributed by atoms with E-state index in [0.717, 1.165) is 17.6 Å². The van der Waals surface area contributed by atoms with Gasteiger partial charge in [0, 0.05) is 6.08 Å². The average molecular weight is 182 g/mol. The van der Waals surface area contributed by atoms with Crippen LogP contribution in [0.5, 0.6) is 0 Å². The first-order chi connectivity index (χ1) is 5.74. The Bertz CT molecular complexity index is 285. The van der Waals surface area contributed by atoms with Crippen LogP contribution in [-0.2, 0) is 4.79 Å². The highest BCUT2D eigenvalue weighted by molar-refractivity contribution is 7.08. The van der Waals surface area contributed by atoms with Crippen molar-refractivity contribution in [1.29, 1.82) is 0 Å². The maximum absolute atomic E-state index is 10.4. The Kier molecular flexibility index (Phi) is 3.05.